The van der Waals surface area contributed by atoms with E-state index < -0.39 is 0 Å². The Kier molecular flexibility index (Phi) is 2.51. The van der Waals surface area contributed by atoms with E-state index >= 15 is 0 Å². The summed E-state index contributed by atoms with van der Waals surface area (Å²) in [4.78, 5) is 10.8. The van der Waals surface area contributed by atoms with Crippen molar-refractivity contribution in [2.24, 2.45) is 0 Å². The van der Waals surface area contributed by atoms with E-state index in [9.17, 15) is 4.79 Å². The normalized spacial score (nSPS) is 10.4. The number of hydrogen-bond donors (Lipinski definition) is 0. The summed E-state index contributed by atoms with van der Waals surface area (Å²) in [5, 5.41) is 2.18. The molecule has 0 amide bonds. The Morgan fingerprint density at radius 3 is 2.64 bits per heavy atom. The highest BCUT2D eigenvalue weighted by Gasteiger charge is 2.04. The van der Waals surface area contributed by atoms with Crippen molar-refractivity contribution < 1.29 is 4.79 Å². The quantitative estimate of drug-likeness (QED) is 0.541. The molecule has 0 N–H and O–H groups in total. The molecule has 0 spiro atoms. The van der Waals surface area contributed by atoms with Gasteiger partial charge in [-0.2, -0.15) is 0 Å². The van der Waals surface area contributed by atoms with Gasteiger partial charge in [-0.1, -0.05) is 36.4 Å². The molecule has 0 aromatic heterocycles. The van der Waals surface area contributed by atoms with Gasteiger partial charge in [-0.15, -0.1) is 11.6 Å². The Morgan fingerprint density at radius 2 is 1.93 bits per heavy atom. The van der Waals surface area contributed by atoms with Gasteiger partial charge in [-0.3, -0.25) is 4.79 Å². The van der Waals surface area contributed by atoms with E-state index in [0.29, 0.717) is 11.4 Å². The van der Waals surface area contributed by atoms with Crippen molar-refractivity contribution in [3.8, 4) is 0 Å². The third-order valence-corrected chi connectivity index (χ3v) is 2.60. The zero-order valence-electron chi connectivity index (χ0n) is 7.53. The standard InChI is InChI=1S/C12H9ClO/c13-7-12-10(8-14)6-5-9-3-1-2-4-11(9)12/h1-6,8H,7H2. The Hall–Kier alpha value is -1.34. The van der Waals surface area contributed by atoms with Crippen LogP contribution in [0.1, 0.15) is 15.9 Å². The minimum absolute atomic E-state index is 0.370. The molecule has 2 aromatic carbocycles. The van der Waals surface area contributed by atoms with Gasteiger partial charge in [0.05, 0.1) is 0 Å². The summed E-state index contributed by atoms with van der Waals surface area (Å²) < 4.78 is 0. The van der Waals surface area contributed by atoms with Crippen molar-refractivity contribution in [1.82, 2.24) is 0 Å². The van der Waals surface area contributed by atoms with Gasteiger partial charge in [-0.05, 0) is 16.3 Å². The fourth-order valence-corrected chi connectivity index (χ4v) is 1.91. The van der Waals surface area contributed by atoms with Crippen LogP contribution in [0.4, 0.5) is 0 Å². The molecular formula is C12H9ClO. The van der Waals surface area contributed by atoms with E-state index in [1.807, 2.05) is 36.4 Å². The van der Waals surface area contributed by atoms with Gasteiger partial charge in [0, 0.05) is 11.4 Å². The van der Waals surface area contributed by atoms with Crippen molar-refractivity contribution in [2.45, 2.75) is 5.88 Å². The number of carbonyl (C=O) groups is 1. The summed E-state index contributed by atoms with van der Waals surface area (Å²) in [5.74, 6) is 0.370. The zero-order chi connectivity index (χ0) is 9.97. The fourth-order valence-electron chi connectivity index (χ4n) is 1.61. The molecule has 0 radical (unpaired) electrons. The first kappa shape index (κ1) is 9.22. The van der Waals surface area contributed by atoms with Gasteiger partial charge >= 0.3 is 0 Å². The lowest BCUT2D eigenvalue weighted by Gasteiger charge is -2.05. The van der Waals surface area contributed by atoms with Crippen molar-refractivity contribution in [3.63, 3.8) is 0 Å². The molecule has 0 fully saturated rings. The van der Waals surface area contributed by atoms with Crippen LogP contribution in [0.25, 0.3) is 10.8 Å². The van der Waals surface area contributed by atoms with Gasteiger partial charge in [-0.25, -0.2) is 0 Å². The highest BCUT2D eigenvalue weighted by atomic mass is 35.5. The Morgan fingerprint density at radius 1 is 1.14 bits per heavy atom. The summed E-state index contributed by atoms with van der Waals surface area (Å²) in [6.45, 7) is 0. The monoisotopic (exact) mass is 204 g/mol. The van der Waals surface area contributed by atoms with Gasteiger partial charge in [0.2, 0.25) is 0 Å². The van der Waals surface area contributed by atoms with Crippen molar-refractivity contribution in [2.75, 3.05) is 0 Å². The summed E-state index contributed by atoms with van der Waals surface area (Å²) in [6.07, 6.45) is 0.851. The summed E-state index contributed by atoms with van der Waals surface area (Å²) in [5.41, 5.74) is 1.60. The number of aldehydes is 1. The van der Waals surface area contributed by atoms with Gasteiger partial charge in [0.15, 0.2) is 0 Å². The third kappa shape index (κ3) is 1.40. The summed E-state index contributed by atoms with van der Waals surface area (Å²) in [6, 6.07) is 11.7. The number of hydrogen-bond acceptors (Lipinski definition) is 1. The minimum Gasteiger partial charge on any atom is -0.298 e. The van der Waals surface area contributed by atoms with Crippen molar-refractivity contribution in [3.05, 3.63) is 47.5 Å². The van der Waals surface area contributed by atoms with Crippen LogP contribution in [0.3, 0.4) is 0 Å². The number of rotatable bonds is 2. The molecule has 0 aliphatic heterocycles. The molecule has 2 aromatic rings. The van der Waals surface area contributed by atoms with E-state index in [-0.39, 0.29) is 0 Å². The molecular weight excluding hydrogens is 196 g/mol. The number of carbonyl (C=O) groups excluding carboxylic acids is 1. The first-order chi connectivity index (χ1) is 6.86. The molecule has 1 nitrogen and oxygen atoms in total. The first-order valence-corrected chi connectivity index (χ1v) is 4.92. The van der Waals surface area contributed by atoms with E-state index in [4.69, 9.17) is 11.6 Å². The topological polar surface area (TPSA) is 17.1 Å². The van der Waals surface area contributed by atoms with Crippen LogP contribution >= 0.6 is 11.6 Å². The highest BCUT2D eigenvalue weighted by molar-refractivity contribution is 6.18. The predicted octanol–water partition coefficient (Wildman–Crippen LogP) is 3.39. The maximum Gasteiger partial charge on any atom is 0.150 e. The first-order valence-electron chi connectivity index (χ1n) is 4.38. The van der Waals surface area contributed by atoms with Crippen LogP contribution in [0, 0.1) is 0 Å². The van der Waals surface area contributed by atoms with E-state index in [1.165, 1.54) is 0 Å². The molecule has 0 saturated heterocycles. The van der Waals surface area contributed by atoms with Crippen LogP contribution in [0.15, 0.2) is 36.4 Å². The maximum atomic E-state index is 10.8. The summed E-state index contributed by atoms with van der Waals surface area (Å²) in [7, 11) is 0. The third-order valence-electron chi connectivity index (χ3n) is 2.34. The van der Waals surface area contributed by atoms with Crippen LogP contribution in [0.2, 0.25) is 0 Å². The fraction of sp³-hybridized carbons (Fsp3) is 0.0833. The lowest BCUT2D eigenvalue weighted by atomic mass is 10.0. The second-order valence-electron chi connectivity index (χ2n) is 3.11. The second kappa shape index (κ2) is 3.81. The maximum absolute atomic E-state index is 10.8. The largest absolute Gasteiger partial charge is 0.298 e. The molecule has 70 valence electrons. The average Bonchev–Trinajstić information content (AvgIpc) is 2.27. The van der Waals surface area contributed by atoms with Gasteiger partial charge in [0.25, 0.3) is 0 Å². The zero-order valence-corrected chi connectivity index (χ0v) is 8.29. The van der Waals surface area contributed by atoms with E-state index in [0.717, 1.165) is 22.6 Å². The van der Waals surface area contributed by atoms with Crippen LogP contribution in [-0.4, -0.2) is 6.29 Å². The average molecular weight is 205 g/mol. The van der Waals surface area contributed by atoms with E-state index in [2.05, 4.69) is 0 Å². The van der Waals surface area contributed by atoms with Crippen molar-refractivity contribution in [1.29, 1.82) is 0 Å². The number of fused-ring (bicyclic) bond motifs is 1. The van der Waals surface area contributed by atoms with Gasteiger partial charge in [0.1, 0.15) is 6.29 Å². The van der Waals surface area contributed by atoms with Gasteiger partial charge < -0.3 is 0 Å². The molecule has 0 saturated carbocycles. The van der Waals surface area contributed by atoms with Crippen LogP contribution in [0.5, 0.6) is 0 Å². The van der Waals surface area contributed by atoms with Crippen LogP contribution < -0.4 is 0 Å². The molecule has 2 heteroatoms. The lowest BCUT2D eigenvalue weighted by Crippen LogP contribution is -1.90. The number of benzene rings is 2. The molecule has 0 aliphatic carbocycles. The summed E-state index contributed by atoms with van der Waals surface area (Å²) >= 11 is 5.83. The predicted molar refractivity (Wildman–Crippen MR) is 58.9 cm³/mol. The molecule has 0 heterocycles. The molecule has 2 rings (SSSR count). The molecule has 0 unspecified atom stereocenters. The Bertz CT molecular complexity index is 477. The minimum atomic E-state index is 0.370. The number of alkyl halides is 1. The molecule has 0 aliphatic rings. The lowest BCUT2D eigenvalue weighted by molar-refractivity contribution is 0.112. The SMILES string of the molecule is O=Cc1ccc2ccccc2c1CCl. The molecule has 14 heavy (non-hydrogen) atoms. The second-order valence-corrected chi connectivity index (χ2v) is 3.37. The smallest absolute Gasteiger partial charge is 0.150 e. The van der Waals surface area contributed by atoms with Crippen molar-refractivity contribution >= 4 is 28.7 Å². The Balaban J connectivity index is 2.83. The molecule has 0 atom stereocenters. The molecule has 0 bridgehead atoms. The van der Waals surface area contributed by atoms with E-state index in [1.54, 1.807) is 0 Å². The Labute approximate surface area is 87.3 Å². The highest BCUT2D eigenvalue weighted by Crippen LogP contribution is 2.22. The number of halogens is 1. The van der Waals surface area contributed by atoms with Crippen LogP contribution in [-0.2, 0) is 5.88 Å².